The van der Waals surface area contributed by atoms with E-state index in [2.05, 4.69) is 12.2 Å². The van der Waals surface area contributed by atoms with E-state index in [4.69, 9.17) is 14.2 Å². The Balaban J connectivity index is 1.85. The van der Waals surface area contributed by atoms with Crippen molar-refractivity contribution in [1.29, 1.82) is 0 Å². The summed E-state index contributed by atoms with van der Waals surface area (Å²) in [5.74, 6) is 0.680. The Morgan fingerprint density at radius 3 is 2.76 bits per heavy atom. The van der Waals surface area contributed by atoms with Crippen molar-refractivity contribution >= 4 is 0 Å². The third kappa shape index (κ3) is 5.20. The standard InChI is InChI=1S/C17H33NO3/c1-3-18-16(14-20-12-11-19-2)15-7-10-21-17(13-15)8-5-4-6-9-17/h15-16,18H,3-14H2,1-2H3. The van der Waals surface area contributed by atoms with Crippen molar-refractivity contribution in [3.63, 3.8) is 0 Å². The summed E-state index contributed by atoms with van der Waals surface area (Å²) in [6, 6.07) is 0.453. The van der Waals surface area contributed by atoms with Crippen LogP contribution >= 0.6 is 0 Å². The maximum atomic E-state index is 6.22. The van der Waals surface area contributed by atoms with Crippen molar-refractivity contribution in [3.05, 3.63) is 0 Å². The van der Waals surface area contributed by atoms with Crippen LogP contribution in [0.2, 0.25) is 0 Å². The zero-order chi connectivity index (χ0) is 15.0. The summed E-state index contributed by atoms with van der Waals surface area (Å²) in [7, 11) is 1.72. The first kappa shape index (κ1) is 17.2. The molecule has 0 bridgehead atoms. The van der Waals surface area contributed by atoms with Crippen LogP contribution in [0, 0.1) is 5.92 Å². The fourth-order valence-corrected chi connectivity index (χ4v) is 3.93. The van der Waals surface area contributed by atoms with Crippen molar-refractivity contribution in [2.45, 2.75) is 63.5 Å². The highest BCUT2D eigenvalue weighted by Crippen LogP contribution is 2.41. The second-order valence-electron chi connectivity index (χ2n) is 6.58. The number of ether oxygens (including phenoxy) is 3. The van der Waals surface area contributed by atoms with Gasteiger partial charge in [0.1, 0.15) is 0 Å². The van der Waals surface area contributed by atoms with Crippen molar-refractivity contribution in [2.75, 3.05) is 40.1 Å². The monoisotopic (exact) mass is 299 g/mol. The Kier molecular flexibility index (Phi) is 7.44. The fraction of sp³-hybridized carbons (Fsp3) is 1.00. The lowest BCUT2D eigenvalue weighted by Gasteiger charge is -2.45. The molecule has 0 amide bonds. The molecule has 124 valence electrons. The molecule has 1 heterocycles. The summed E-state index contributed by atoms with van der Waals surface area (Å²) in [4.78, 5) is 0. The Labute approximate surface area is 129 Å². The molecule has 2 atom stereocenters. The van der Waals surface area contributed by atoms with E-state index in [0.29, 0.717) is 25.2 Å². The van der Waals surface area contributed by atoms with Crippen LogP contribution in [0.5, 0.6) is 0 Å². The number of methoxy groups -OCH3 is 1. The molecule has 2 unspecified atom stereocenters. The van der Waals surface area contributed by atoms with E-state index in [-0.39, 0.29) is 5.60 Å². The number of likely N-dealkylation sites (N-methyl/N-ethyl adjacent to an activating group) is 1. The molecular formula is C17H33NO3. The van der Waals surface area contributed by atoms with Gasteiger partial charge in [-0.3, -0.25) is 0 Å². The molecule has 4 nitrogen and oxygen atoms in total. The average molecular weight is 299 g/mol. The van der Waals surface area contributed by atoms with E-state index >= 15 is 0 Å². The molecule has 1 aliphatic carbocycles. The molecule has 2 aliphatic rings. The summed E-state index contributed by atoms with van der Waals surface area (Å²) >= 11 is 0. The van der Waals surface area contributed by atoms with E-state index in [1.165, 1.54) is 38.5 Å². The molecule has 1 N–H and O–H groups in total. The van der Waals surface area contributed by atoms with Gasteiger partial charge in [0, 0.05) is 19.8 Å². The van der Waals surface area contributed by atoms with Crippen molar-refractivity contribution in [3.8, 4) is 0 Å². The number of nitrogens with one attached hydrogen (secondary N) is 1. The van der Waals surface area contributed by atoms with Gasteiger partial charge >= 0.3 is 0 Å². The van der Waals surface area contributed by atoms with Gasteiger partial charge in [-0.1, -0.05) is 26.2 Å². The molecule has 2 rings (SSSR count). The van der Waals surface area contributed by atoms with Gasteiger partial charge < -0.3 is 19.5 Å². The number of rotatable bonds is 8. The van der Waals surface area contributed by atoms with Gasteiger partial charge in [-0.05, 0) is 38.1 Å². The molecule has 4 heteroatoms. The topological polar surface area (TPSA) is 39.7 Å². The Bertz CT molecular complexity index is 274. The molecule has 0 aromatic heterocycles. The van der Waals surface area contributed by atoms with Crippen LogP contribution in [0.15, 0.2) is 0 Å². The zero-order valence-corrected chi connectivity index (χ0v) is 13.9. The Morgan fingerprint density at radius 1 is 1.24 bits per heavy atom. The lowest BCUT2D eigenvalue weighted by molar-refractivity contribution is -0.124. The summed E-state index contributed by atoms with van der Waals surface area (Å²) in [6.07, 6.45) is 8.93. The highest BCUT2D eigenvalue weighted by atomic mass is 16.5. The van der Waals surface area contributed by atoms with E-state index in [1.807, 2.05) is 0 Å². The highest BCUT2D eigenvalue weighted by molar-refractivity contribution is 4.93. The average Bonchev–Trinajstić information content (AvgIpc) is 2.51. The first-order valence-electron chi connectivity index (χ1n) is 8.74. The van der Waals surface area contributed by atoms with Gasteiger partial charge in [-0.15, -0.1) is 0 Å². The second kappa shape index (κ2) is 9.09. The number of hydrogen-bond donors (Lipinski definition) is 1. The lowest BCUT2D eigenvalue weighted by atomic mass is 9.74. The van der Waals surface area contributed by atoms with Crippen LogP contribution in [0.3, 0.4) is 0 Å². The van der Waals surface area contributed by atoms with E-state index in [0.717, 1.165) is 26.2 Å². The Hall–Kier alpha value is -0.160. The number of hydrogen-bond acceptors (Lipinski definition) is 4. The SMILES string of the molecule is CCNC(COCCOC)C1CCOC2(CCCCC2)C1. The summed E-state index contributed by atoms with van der Waals surface area (Å²) < 4.78 is 17.1. The molecule has 1 saturated heterocycles. The third-order valence-electron chi connectivity index (χ3n) is 5.06. The van der Waals surface area contributed by atoms with Crippen molar-refractivity contribution in [2.24, 2.45) is 5.92 Å². The molecule has 1 saturated carbocycles. The second-order valence-corrected chi connectivity index (χ2v) is 6.58. The van der Waals surface area contributed by atoms with Gasteiger partial charge in [0.05, 0.1) is 25.4 Å². The fourth-order valence-electron chi connectivity index (χ4n) is 3.93. The lowest BCUT2D eigenvalue weighted by Crippen LogP contribution is -2.49. The first-order chi connectivity index (χ1) is 10.3. The van der Waals surface area contributed by atoms with Gasteiger partial charge in [0.25, 0.3) is 0 Å². The summed E-state index contributed by atoms with van der Waals surface area (Å²) in [6.45, 7) is 6.26. The van der Waals surface area contributed by atoms with Gasteiger partial charge in [-0.25, -0.2) is 0 Å². The Morgan fingerprint density at radius 2 is 2.05 bits per heavy atom. The van der Waals surface area contributed by atoms with Crippen LogP contribution in [0.1, 0.15) is 51.9 Å². The quantitative estimate of drug-likeness (QED) is 0.700. The minimum absolute atomic E-state index is 0.182. The van der Waals surface area contributed by atoms with Crippen LogP contribution in [0.25, 0.3) is 0 Å². The summed E-state index contributed by atoms with van der Waals surface area (Å²) in [5, 5.41) is 3.63. The van der Waals surface area contributed by atoms with Crippen LogP contribution < -0.4 is 5.32 Å². The maximum Gasteiger partial charge on any atom is 0.0701 e. The molecule has 2 fully saturated rings. The highest BCUT2D eigenvalue weighted by Gasteiger charge is 2.40. The van der Waals surface area contributed by atoms with Gasteiger partial charge in [0.2, 0.25) is 0 Å². The van der Waals surface area contributed by atoms with Crippen LogP contribution in [0.4, 0.5) is 0 Å². The minimum Gasteiger partial charge on any atom is -0.382 e. The van der Waals surface area contributed by atoms with Gasteiger partial charge in [0.15, 0.2) is 0 Å². The van der Waals surface area contributed by atoms with E-state index in [1.54, 1.807) is 7.11 Å². The van der Waals surface area contributed by atoms with Crippen molar-refractivity contribution < 1.29 is 14.2 Å². The van der Waals surface area contributed by atoms with E-state index in [9.17, 15) is 0 Å². The van der Waals surface area contributed by atoms with Crippen LogP contribution in [-0.4, -0.2) is 51.7 Å². The molecule has 0 aromatic rings. The predicted octanol–water partition coefficient (Wildman–Crippen LogP) is 2.76. The van der Waals surface area contributed by atoms with Crippen molar-refractivity contribution in [1.82, 2.24) is 5.32 Å². The molecule has 0 aromatic carbocycles. The predicted molar refractivity (Wildman–Crippen MR) is 84.7 cm³/mol. The molecule has 1 spiro atoms. The first-order valence-corrected chi connectivity index (χ1v) is 8.74. The third-order valence-corrected chi connectivity index (χ3v) is 5.06. The molecular weight excluding hydrogens is 266 g/mol. The normalized spacial score (nSPS) is 26.9. The maximum absolute atomic E-state index is 6.22. The molecule has 21 heavy (non-hydrogen) atoms. The largest absolute Gasteiger partial charge is 0.382 e. The minimum atomic E-state index is 0.182. The molecule has 0 radical (unpaired) electrons. The smallest absolute Gasteiger partial charge is 0.0701 e. The zero-order valence-electron chi connectivity index (χ0n) is 13.9. The van der Waals surface area contributed by atoms with Gasteiger partial charge in [-0.2, -0.15) is 0 Å². The summed E-state index contributed by atoms with van der Waals surface area (Å²) in [5.41, 5.74) is 0.182. The molecule has 1 aliphatic heterocycles. The van der Waals surface area contributed by atoms with E-state index < -0.39 is 0 Å². The van der Waals surface area contributed by atoms with Crippen LogP contribution in [-0.2, 0) is 14.2 Å².